The van der Waals surface area contributed by atoms with E-state index >= 15 is 0 Å². The van der Waals surface area contributed by atoms with Gasteiger partial charge in [0.05, 0.1) is 6.42 Å². The van der Waals surface area contributed by atoms with Crippen LogP contribution in [-0.2, 0) is 17.6 Å². The van der Waals surface area contributed by atoms with Gasteiger partial charge < -0.3 is 4.90 Å². The van der Waals surface area contributed by atoms with Crippen LogP contribution in [0.5, 0.6) is 0 Å². The number of likely N-dealkylation sites (tertiary alicyclic amines) is 1. The quantitative estimate of drug-likeness (QED) is 0.820. The van der Waals surface area contributed by atoms with E-state index in [4.69, 9.17) is 11.6 Å². The molecule has 120 valence electrons. The van der Waals surface area contributed by atoms with E-state index in [2.05, 4.69) is 12.1 Å². The van der Waals surface area contributed by atoms with Gasteiger partial charge in [0.2, 0.25) is 5.91 Å². The molecule has 0 radical (unpaired) electrons. The number of hydrogen-bond donors (Lipinski definition) is 0. The van der Waals surface area contributed by atoms with Crippen LogP contribution in [0.1, 0.15) is 24.0 Å². The van der Waals surface area contributed by atoms with Gasteiger partial charge in [-0.3, -0.25) is 4.79 Å². The minimum absolute atomic E-state index is 0.0246. The van der Waals surface area contributed by atoms with Crippen LogP contribution in [0.3, 0.4) is 0 Å². The zero-order valence-electron chi connectivity index (χ0n) is 12.8. The van der Waals surface area contributed by atoms with Gasteiger partial charge in [0.15, 0.2) is 0 Å². The van der Waals surface area contributed by atoms with Gasteiger partial charge >= 0.3 is 0 Å². The maximum absolute atomic E-state index is 13.9. The number of benzene rings is 2. The molecule has 2 aromatic rings. The molecule has 0 bridgehead atoms. The van der Waals surface area contributed by atoms with Gasteiger partial charge in [-0.15, -0.1) is 0 Å². The second kappa shape index (κ2) is 7.14. The highest BCUT2D eigenvalue weighted by Gasteiger charge is 2.29. The SMILES string of the molecule is O=C(Cc1c(F)cccc1Cl)N1CCCC1Cc1ccccc1. The van der Waals surface area contributed by atoms with Crippen LogP contribution in [0, 0.1) is 5.82 Å². The topological polar surface area (TPSA) is 20.3 Å². The molecule has 3 rings (SSSR count). The Kier molecular flexibility index (Phi) is 4.97. The van der Waals surface area contributed by atoms with Gasteiger partial charge in [0.25, 0.3) is 0 Å². The number of carbonyl (C=O) groups is 1. The van der Waals surface area contributed by atoms with Crippen molar-refractivity contribution < 1.29 is 9.18 Å². The maximum Gasteiger partial charge on any atom is 0.227 e. The van der Waals surface area contributed by atoms with E-state index < -0.39 is 5.82 Å². The molecule has 1 unspecified atom stereocenters. The number of carbonyl (C=O) groups excluding carboxylic acids is 1. The number of nitrogens with zero attached hydrogens (tertiary/aromatic N) is 1. The molecule has 0 N–H and O–H groups in total. The van der Waals surface area contributed by atoms with Gasteiger partial charge in [-0.25, -0.2) is 4.39 Å². The Labute approximate surface area is 140 Å². The molecule has 0 aromatic heterocycles. The molecule has 2 nitrogen and oxygen atoms in total. The first-order valence-electron chi connectivity index (χ1n) is 7.91. The van der Waals surface area contributed by atoms with E-state index in [-0.39, 0.29) is 18.4 Å². The number of amides is 1. The average molecular weight is 332 g/mol. The molecule has 1 saturated heterocycles. The van der Waals surface area contributed by atoms with Gasteiger partial charge in [-0.1, -0.05) is 48.0 Å². The Morgan fingerprint density at radius 1 is 1.17 bits per heavy atom. The van der Waals surface area contributed by atoms with Crippen molar-refractivity contribution in [1.82, 2.24) is 4.90 Å². The van der Waals surface area contributed by atoms with E-state index in [9.17, 15) is 9.18 Å². The van der Waals surface area contributed by atoms with Crippen LogP contribution in [-0.4, -0.2) is 23.4 Å². The molecule has 23 heavy (non-hydrogen) atoms. The Bertz CT molecular complexity index is 669. The molecule has 0 spiro atoms. The van der Waals surface area contributed by atoms with Crippen LogP contribution in [0.15, 0.2) is 48.5 Å². The zero-order valence-corrected chi connectivity index (χ0v) is 13.6. The standard InChI is InChI=1S/C19H19ClFNO/c20-17-9-4-10-18(21)16(17)13-19(23)22-11-5-8-15(22)12-14-6-2-1-3-7-14/h1-4,6-7,9-10,15H,5,8,11-13H2. The fourth-order valence-corrected chi connectivity index (χ4v) is 3.45. The van der Waals surface area contributed by atoms with Crippen LogP contribution in [0.2, 0.25) is 5.02 Å². The first kappa shape index (κ1) is 16.0. The van der Waals surface area contributed by atoms with Gasteiger partial charge in [-0.2, -0.15) is 0 Å². The van der Waals surface area contributed by atoms with Gasteiger partial charge in [0, 0.05) is 23.2 Å². The number of hydrogen-bond acceptors (Lipinski definition) is 1. The molecule has 1 atom stereocenters. The molecule has 1 aliphatic heterocycles. The van der Waals surface area contributed by atoms with Crippen molar-refractivity contribution in [2.24, 2.45) is 0 Å². The highest BCUT2D eigenvalue weighted by molar-refractivity contribution is 6.31. The summed E-state index contributed by atoms with van der Waals surface area (Å²) in [5, 5.41) is 0.317. The van der Waals surface area contributed by atoms with Crippen molar-refractivity contribution >= 4 is 17.5 Å². The van der Waals surface area contributed by atoms with Gasteiger partial charge in [0.1, 0.15) is 5.82 Å². The van der Waals surface area contributed by atoms with Crippen molar-refractivity contribution in [2.75, 3.05) is 6.54 Å². The maximum atomic E-state index is 13.9. The summed E-state index contributed by atoms with van der Waals surface area (Å²) in [6, 6.07) is 14.9. The fourth-order valence-electron chi connectivity index (χ4n) is 3.22. The van der Waals surface area contributed by atoms with E-state index in [1.54, 1.807) is 12.1 Å². The van der Waals surface area contributed by atoms with Crippen LogP contribution < -0.4 is 0 Å². The summed E-state index contributed by atoms with van der Waals surface area (Å²) in [5.74, 6) is -0.458. The number of halogens is 2. The Morgan fingerprint density at radius 3 is 2.70 bits per heavy atom. The predicted octanol–water partition coefficient (Wildman–Crippen LogP) is 4.26. The molecule has 1 heterocycles. The fraction of sp³-hybridized carbons (Fsp3) is 0.316. The molecule has 4 heteroatoms. The van der Waals surface area contributed by atoms with E-state index in [1.807, 2.05) is 23.1 Å². The van der Waals surface area contributed by atoms with Crippen LogP contribution in [0.25, 0.3) is 0 Å². The molecule has 2 aromatic carbocycles. The molecular formula is C19H19ClFNO. The van der Waals surface area contributed by atoms with Gasteiger partial charge in [-0.05, 0) is 37.0 Å². The van der Waals surface area contributed by atoms with Crippen molar-refractivity contribution in [3.05, 3.63) is 70.5 Å². The lowest BCUT2D eigenvalue weighted by molar-refractivity contribution is -0.131. The third kappa shape index (κ3) is 3.73. The van der Waals surface area contributed by atoms with Crippen LogP contribution >= 0.6 is 11.6 Å². The minimum Gasteiger partial charge on any atom is -0.339 e. The normalized spacial score (nSPS) is 17.5. The first-order valence-corrected chi connectivity index (χ1v) is 8.29. The lowest BCUT2D eigenvalue weighted by atomic mass is 10.0. The average Bonchev–Trinajstić information content (AvgIpc) is 3.00. The number of rotatable bonds is 4. The summed E-state index contributed by atoms with van der Waals surface area (Å²) in [5.41, 5.74) is 1.52. The third-order valence-electron chi connectivity index (χ3n) is 4.40. The molecule has 0 aliphatic carbocycles. The molecule has 0 saturated carbocycles. The molecule has 1 amide bonds. The highest BCUT2D eigenvalue weighted by Crippen LogP contribution is 2.25. The minimum atomic E-state index is -0.412. The lowest BCUT2D eigenvalue weighted by Gasteiger charge is -2.25. The Hall–Kier alpha value is -1.87. The van der Waals surface area contributed by atoms with Crippen molar-refractivity contribution in [2.45, 2.75) is 31.7 Å². The monoisotopic (exact) mass is 331 g/mol. The van der Waals surface area contributed by atoms with E-state index in [0.717, 1.165) is 25.8 Å². The molecular weight excluding hydrogens is 313 g/mol. The summed E-state index contributed by atoms with van der Waals surface area (Å²) in [7, 11) is 0. The van der Waals surface area contributed by atoms with Crippen molar-refractivity contribution in [3.8, 4) is 0 Å². The summed E-state index contributed by atoms with van der Waals surface area (Å²) in [4.78, 5) is 14.5. The summed E-state index contributed by atoms with van der Waals surface area (Å²) >= 11 is 6.04. The van der Waals surface area contributed by atoms with E-state index in [0.29, 0.717) is 10.6 Å². The van der Waals surface area contributed by atoms with Crippen molar-refractivity contribution in [1.29, 1.82) is 0 Å². The predicted molar refractivity (Wildman–Crippen MR) is 90.0 cm³/mol. The third-order valence-corrected chi connectivity index (χ3v) is 4.76. The second-order valence-corrected chi connectivity index (χ2v) is 6.36. The Morgan fingerprint density at radius 2 is 1.96 bits per heavy atom. The highest BCUT2D eigenvalue weighted by atomic mass is 35.5. The summed E-state index contributed by atoms with van der Waals surface area (Å²) < 4.78 is 13.9. The van der Waals surface area contributed by atoms with Crippen molar-refractivity contribution in [3.63, 3.8) is 0 Å². The second-order valence-electron chi connectivity index (χ2n) is 5.95. The molecule has 1 aliphatic rings. The zero-order chi connectivity index (χ0) is 16.2. The first-order chi connectivity index (χ1) is 11.1. The van der Waals surface area contributed by atoms with E-state index in [1.165, 1.54) is 11.6 Å². The summed E-state index contributed by atoms with van der Waals surface area (Å²) in [6.07, 6.45) is 2.86. The smallest absolute Gasteiger partial charge is 0.227 e. The van der Waals surface area contributed by atoms with Crippen LogP contribution in [0.4, 0.5) is 4.39 Å². The lowest BCUT2D eigenvalue weighted by Crippen LogP contribution is -2.38. The Balaban J connectivity index is 1.71. The molecule has 1 fully saturated rings. The largest absolute Gasteiger partial charge is 0.339 e. The summed E-state index contributed by atoms with van der Waals surface area (Å²) in [6.45, 7) is 0.738.